The average molecular weight is 556 g/mol. The van der Waals surface area contributed by atoms with Crippen molar-refractivity contribution in [3.05, 3.63) is 75.2 Å². The van der Waals surface area contributed by atoms with E-state index in [-0.39, 0.29) is 22.2 Å². The van der Waals surface area contributed by atoms with Crippen LogP contribution in [0.1, 0.15) is 5.56 Å². The van der Waals surface area contributed by atoms with E-state index in [4.69, 9.17) is 39.5 Å². The third-order valence-electron chi connectivity index (χ3n) is 4.13. The first kappa shape index (κ1) is 25.9. The Hall–Kier alpha value is -2.70. The van der Waals surface area contributed by atoms with Crippen molar-refractivity contribution in [3.8, 4) is 11.5 Å². The molecule has 14 heteroatoms. The van der Waals surface area contributed by atoms with E-state index < -0.39 is 43.5 Å². The number of benzene rings is 3. The third kappa shape index (κ3) is 6.45. The summed E-state index contributed by atoms with van der Waals surface area (Å²) in [7, 11) is -4.89. The Balaban J connectivity index is 1.88. The number of carbonyl (C=O) groups excluding carboxylic acids is 1. The molecule has 0 spiro atoms. The Morgan fingerprint density at radius 2 is 1.56 bits per heavy atom. The lowest BCUT2D eigenvalue weighted by Crippen LogP contribution is -2.21. The zero-order valence-corrected chi connectivity index (χ0v) is 19.5. The number of alkyl halides is 3. The van der Waals surface area contributed by atoms with Crippen LogP contribution in [0.4, 0.5) is 29.3 Å². The van der Waals surface area contributed by atoms with Gasteiger partial charge in [0.15, 0.2) is 0 Å². The van der Waals surface area contributed by atoms with Gasteiger partial charge < -0.3 is 15.4 Å². The highest BCUT2D eigenvalue weighted by atomic mass is 35.5. The highest BCUT2D eigenvalue weighted by Gasteiger charge is 2.33. The first-order valence-electron chi connectivity index (χ1n) is 8.93. The van der Waals surface area contributed by atoms with Crippen LogP contribution >= 0.6 is 34.8 Å². The molecule has 2 amide bonds. The molecule has 0 aliphatic heterocycles. The minimum atomic E-state index is -4.89. The molecular weight excluding hydrogens is 544 g/mol. The van der Waals surface area contributed by atoms with Crippen LogP contribution in [0.2, 0.25) is 15.1 Å². The van der Waals surface area contributed by atoms with E-state index >= 15 is 0 Å². The molecule has 180 valence electrons. The molecule has 0 radical (unpaired) electrons. The molecule has 3 aromatic carbocycles. The van der Waals surface area contributed by atoms with Gasteiger partial charge in [-0.1, -0.05) is 34.8 Å². The quantitative estimate of drug-likeness (QED) is 0.286. The maximum Gasteiger partial charge on any atom is 0.417 e. The van der Waals surface area contributed by atoms with Gasteiger partial charge in [0.05, 0.1) is 21.3 Å². The molecule has 0 aromatic heterocycles. The largest absolute Gasteiger partial charge is 0.456 e. The second-order valence-corrected chi connectivity index (χ2v) is 9.22. The Labute approximate surface area is 206 Å². The van der Waals surface area contributed by atoms with E-state index in [1.165, 1.54) is 24.3 Å². The zero-order chi connectivity index (χ0) is 25.3. The highest BCUT2D eigenvalue weighted by molar-refractivity contribution is 7.86. The number of carbonyl (C=O) groups is 1. The van der Waals surface area contributed by atoms with Crippen LogP contribution in [-0.2, 0) is 16.3 Å². The minimum absolute atomic E-state index is 0.150. The summed E-state index contributed by atoms with van der Waals surface area (Å²) in [5, 5.41) is 3.93. The molecule has 0 heterocycles. The SMILES string of the molecule is O=C(Nc1ccc(Cl)c(C(F)(F)F)c1)Nc1cc(Cl)c(Oc2ccc(Cl)cc2)cc1S(=O)(=O)O. The molecule has 34 heavy (non-hydrogen) atoms. The van der Waals surface area contributed by atoms with Crippen LogP contribution in [0.15, 0.2) is 59.5 Å². The summed E-state index contributed by atoms with van der Waals surface area (Å²) in [5.74, 6) is 0.0735. The third-order valence-corrected chi connectivity index (χ3v) is 5.90. The van der Waals surface area contributed by atoms with Crippen molar-refractivity contribution in [2.45, 2.75) is 11.1 Å². The topological polar surface area (TPSA) is 105 Å². The minimum Gasteiger partial charge on any atom is -0.456 e. The van der Waals surface area contributed by atoms with E-state index in [0.29, 0.717) is 11.1 Å². The summed E-state index contributed by atoms with van der Waals surface area (Å²) >= 11 is 17.5. The second kappa shape index (κ2) is 9.88. The molecule has 0 saturated heterocycles. The molecule has 3 aromatic rings. The lowest BCUT2D eigenvalue weighted by Gasteiger charge is -2.15. The number of anilines is 2. The molecular formula is C20H12Cl3F3N2O5S. The van der Waals surface area contributed by atoms with Crippen molar-refractivity contribution < 1.29 is 35.7 Å². The Kier molecular flexibility index (Phi) is 7.53. The molecule has 0 fully saturated rings. The van der Waals surface area contributed by atoms with Crippen molar-refractivity contribution in [1.82, 2.24) is 0 Å². The van der Waals surface area contributed by atoms with Crippen molar-refractivity contribution in [2.24, 2.45) is 0 Å². The molecule has 7 nitrogen and oxygen atoms in total. The normalized spacial score (nSPS) is 11.7. The van der Waals surface area contributed by atoms with E-state index in [9.17, 15) is 30.9 Å². The standard InChI is InChI=1S/C20H12Cl3F3N2O5S/c21-10-1-4-12(5-2-10)33-17-9-18(34(30,31)32)16(8-15(17)23)28-19(29)27-11-3-6-14(22)13(7-11)20(24,25)26/h1-9H,(H2,27,28,29)(H,30,31,32). The number of halogens is 6. The van der Waals surface area contributed by atoms with Crippen molar-refractivity contribution in [3.63, 3.8) is 0 Å². The summed E-state index contributed by atoms with van der Waals surface area (Å²) < 4.78 is 77.9. The number of urea groups is 1. The summed E-state index contributed by atoms with van der Waals surface area (Å²) in [6.45, 7) is 0. The maximum atomic E-state index is 13.0. The first-order valence-corrected chi connectivity index (χ1v) is 11.5. The average Bonchev–Trinajstić information content (AvgIpc) is 2.71. The van der Waals surface area contributed by atoms with Crippen LogP contribution in [0.25, 0.3) is 0 Å². The maximum absolute atomic E-state index is 13.0. The van der Waals surface area contributed by atoms with Crippen molar-refractivity contribution in [1.29, 1.82) is 0 Å². The van der Waals surface area contributed by atoms with E-state index in [0.717, 1.165) is 24.3 Å². The number of amides is 2. The number of hydrogen-bond acceptors (Lipinski definition) is 4. The van der Waals surface area contributed by atoms with Crippen molar-refractivity contribution >= 4 is 62.3 Å². The predicted molar refractivity (Wildman–Crippen MR) is 122 cm³/mol. The first-order chi connectivity index (χ1) is 15.7. The molecule has 0 atom stereocenters. The van der Waals surface area contributed by atoms with Gasteiger partial charge in [-0.3, -0.25) is 4.55 Å². The van der Waals surface area contributed by atoms with E-state index in [1.54, 1.807) is 0 Å². The summed E-state index contributed by atoms with van der Waals surface area (Å²) in [6, 6.07) is 9.35. The van der Waals surface area contributed by atoms with Gasteiger partial charge in [0.1, 0.15) is 16.4 Å². The van der Waals surface area contributed by atoms with Gasteiger partial charge in [-0.25, -0.2) is 4.79 Å². The molecule has 3 rings (SSSR count). The Morgan fingerprint density at radius 1 is 0.912 bits per heavy atom. The molecule has 0 unspecified atom stereocenters. The smallest absolute Gasteiger partial charge is 0.417 e. The summed E-state index contributed by atoms with van der Waals surface area (Å²) in [5.41, 5.74) is -1.92. The van der Waals surface area contributed by atoms with Gasteiger partial charge in [0, 0.05) is 16.8 Å². The molecule has 0 bridgehead atoms. The van der Waals surface area contributed by atoms with E-state index in [2.05, 4.69) is 10.6 Å². The fraction of sp³-hybridized carbons (Fsp3) is 0.0500. The monoisotopic (exact) mass is 554 g/mol. The van der Waals surface area contributed by atoms with Gasteiger partial charge in [0.2, 0.25) is 0 Å². The van der Waals surface area contributed by atoms with Crippen LogP contribution in [0.5, 0.6) is 11.5 Å². The zero-order valence-electron chi connectivity index (χ0n) is 16.5. The van der Waals surface area contributed by atoms with Gasteiger partial charge in [-0.05, 0) is 48.5 Å². The number of ether oxygens (including phenoxy) is 1. The van der Waals surface area contributed by atoms with Crippen LogP contribution < -0.4 is 15.4 Å². The second-order valence-electron chi connectivity index (χ2n) is 6.58. The lowest BCUT2D eigenvalue weighted by atomic mass is 10.2. The predicted octanol–water partition coefficient (Wildman–Crippen LogP) is 7.35. The number of hydrogen-bond donors (Lipinski definition) is 3. The molecule has 3 N–H and O–H groups in total. The van der Waals surface area contributed by atoms with Gasteiger partial charge >= 0.3 is 12.2 Å². The Bertz CT molecular complexity index is 1350. The fourth-order valence-electron chi connectivity index (χ4n) is 2.66. The molecule has 0 aliphatic rings. The van der Waals surface area contributed by atoms with Gasteiger partial charge in [0.25, 0.3) is 10.1 Å². The van der Waals surface area contributed by atoms with Gasteiger partial charge in [-0.2, -0.15) is 21.6 Å². The fourth-order valence-corrected chi connectivity index (χ4v) is 3.86. The lowest BCUT2D eigenvalue weighted by molar-refractivity contribution is -0.137. The number of nitrogens with one attached hydrogen (secondary N) is 2. The molecule has 0 aliphatic carbocycles. The number of rotatable bonds is 5. The van der Waals surface area contributed by atoms with Gasteiger partial charge in [-0.15, -0.1) is 0 Å². The Morgan fingerprint density at radius 3 is 2.15 bits per heavy atom. The van der Waals surface area contributed by atoms with Crippen LogP contribution in [0.3, 0.4) is 0 Å². The summed E-state index contributed by atoms with van der Waals surface area (Å²) in [6.07, 6.45) is -4.77. The van der Waals surface area contributed by atoms with E-state index in [1.807, 2.05) is 0 Å². The summed E-state index contributed by atoms with van der Waals surface area (Å²) in [4.78, 5) is 11.6. The van der Waals surface area contributed by atoms with Crippen LogP contribution in [0, 0.1) is 0 Å². The van der Waals surface area contributed by atoms with Crippen molar-refractivity contribution in [2.75, 3.05) is 10.6 Å². The molecule has 0 saturated carbocycles. The van der Waals surface area contributed by atoms with Crippen LogP contribution in [-0.4, -0.2) is 19.0 Å². The highest BCUT2D eigenvalue weighted by Crippen LogP contribution is 2.38.